The van der Waals surface area contributed by atoms with Crippen LogP contribution in [0.15, 0.2) is 27.7 Å². The summed E-state index contributed by atoms with van der Waals surface area (Å²) in [6.45, 7) is 0. The summed E-state index contributed by atoms with van der Waals surface area (Å²) in [5.74, 6) is -0.135. The van der Waals surface area contributed by atoms with Crippen molar-refractivity contribution in [1.29, 1.82) is 0 Å². The molecule has 0 N–H and O–H groups in total. The van der Waals surface area contributed by atoms with Gasteiger partial charge in [-0.05, 0) is 23.8 Å². The smallest absolute Gasteiger partial charge is 0.267 e. The van der Waals surface area contributed by atoms with E-state index in [1.54, 1.807) is 12.3 Å². The highest BCUT2D eigenvalue weighted by atomic mass is 79.9. The van der Waals surface area contributed by atoms with Gasteiger partial charge in [-0.25, -0.2) is 4.99 Å². The summed E-state index contributed by atoms with van der Waals surface area (Å²) in [4.78, 5) is 14.9. The van der Waals surface area contributed by atoms with Crippen molar-refractivity contribution in [2.24, 2.45) is 4.99 Å². The van der Waals surface area contributed by atoms with Gasteiger partial charge in [-0.2, -0.15) is 0 Å². The van der Waals surface area contributed by atoms with Crippen LogP contribution < -0.4 is 0 Å². The molecular formula is C9H6BrNO. The summed E-state index contributed by atoms with van der Waals surface area (Å²) in [5, 5.41) is 0. The summed E-state index contributed by atoms with van der Waals surface area (Å²) in [6, 6.07) is 5.62. The van der Waals surface area contributed by atoms with E-state index in [4.69, 9.17) is 0 Å². The number of hydrogen-bond donors (Lipinski definition) is 0. The van der Waals surface area contributed by atoms with Gasteiger partial charge in [0.25, 0.3) is 5.91 Å². The van der Waals surface area contributed by atoms with E-state index in [1.165, 1.54) is 0 Å². The minimum Gasteiger partial charge on any atom is -0.267 e. The molecule has 1 aliphatic heterocycles. The van der Waals surface area contributed by atoms with Gasteiger partial charge in [0.2, 0.25) is 0 Å². The Morgan fingerprint density at radius 2 is 2.25 bits per heavy atom. The average molecular weight is 224 g/mol. The Labute approximate surface area is 78.4 Å². The molecule has 0 aliphatic carbocycles. The van der Waals surface area contributed by atoms with Crippen LogP contribution >= 0.6 is 15.9 Å². The molecule has 0 saturated heterocycles. The molecule has 1 aromatic carbocycles. The first-order valence-corrected chi connectivity index (χ1v) is 4.42. The summed E-state index contributed by atoms with van der Waals surface area (Å²) < 4.78 is 1.00. The van der Waals surface area contributed by atoms with Crippen molar-refractivity contribution in [1.82, 2.24) is 0 Å². The summed E-state index contributed by atoms with van der Waals surface area (Å²) in [7, 11) is 0. The largest absolute Gasteiger partial charge is 0.276 e. The number of carbonyl (C=O) groups is 1. The van der Waals surface area contributed by atoms with Gasteiger partial charge in [0.15, 0.2) is 0 Å². The Bertz CT molecular complexity index is 371. The van der Waals surface area contributed by atoms with Crippen molar-refractivity contribution in [3.8, 4) is 0 Å². The van der Waals surface area contributed by atoms with E-state index in [0.29, 0.717) is 0 Å². The molecule has 0 spiro atoms. The molecule has 0 saturated carbocycles. The second-order valence-corrected chi connectivity index (χ2v) is 3.54. The van der Waals surface area contributed by atoms with Gasteiger partial charge in [0.05, 0.1) is 0 Å². The van der Waals surface area contributed by atoms with Crippen molar-refractivity contribution < 1.29 is 4.79 Å². The fourth-order valence-electron chi connectivity index (χ4n) is 1.24. The molecule has 0 fully saturated rings. The van der Waals surface area contributed by atoms with E-state index in [2.05, 4.69) is 20.9 Å². The minimum absolute atomic E-state index is 0.135. The summed E-state index contributed by atoms with van der Waals surface area (Å²) in [5.41, 5.74) is 1.77. The lowest BCUT2D eigenvalue weighted by molar-refractivity contribution is 0.100. The van der Waals surface area contributed by atoms with E-state index >= 15 is 0 Å². The van der Waals surface area contributed by atoms with Crippen LogP contribution in [0.5, 0.6) is 0 Å². The maximum atomic E-state index is 11.2. The zero-order valence-electron chi connectivity index (χ0n) is 6.25. The first-order valence-electron chi connectivity index (χ1n) is 3.62. The van der Waals surface area contributed by atoms with E-state index in [0.717, 1.165) is 22.0 Å². The topological polar surface area (TPSA) is 29.4 Å². The molecular weight excluding hydrogens is 218 g/mol. The number of benzene rings is 1. The lowest BCUT2D eigenvalue weighted by Crippen LogP contribution is -2.07. The molecule has 0 radical (unpaired) electrons. The Kier molecular flexibility index (Phi) is 1.81. The van der Waals surface area contributed by atoms with Gasteiger partial charge in [-0.3, -0.25) is 4.79 Å². The van der Waals surface area contributed by atoms with Crippen LogP contribution in [0.4, 0.5) is 0 Å². The van der Waals surface area contributed by atoms with Crippen molar-refractivity contribution in [3.05, 3.63) is 33.8 Å². The van der Waals surface area contributed by atoms with Crippen LogP contribution in [0, 0.1) is 0 Å². The molecule has 2 rings (SSSR count). The van der Waals surface area contributed by atoms with E-state index in [1.807, 2.05) is 12.1 Å². The highest BCUT2D eigenvalue weighted by molar-refractivity contribution is 9.10. The third-order valence-corrected chi connectivity index (χ3v) is 2.31. The number of fused-ring (bicyclic) bond motifs is 1. The fraction of sp³-hybridized carbons (Fsp3) is 0.111. The number of amides is 1. The van der Waals surface area contributed by atoms with Gasteiger partial charge in [0, 0.05) is 22.7 Å². The van der Waals surface area contributed by atoms with Gasteiger partial charge >= 0.3 is 0 Å². The van der Waals surface area contributed by atoms with Gasteiger partial charge in [0.1, 0.15) is 0 Å². The third-order valence-electron chi connectivity index (χ3n) is 1.82. The average Bonchev–Trinajstić information content (AvgIpc) is 2.04. The molecule has 60 valence electrons. The van der Waals surface area contributed by atoms with Crippen molar-refractivity contribution in [2.45, 2.75) is 6.42 Å². The highest BCUT2D eigenvalue weighted by Gasteiger charge is 2.12. The SMILES string of the molecule is O=C1N=CCc2cc(Br)ccc21. The standard InChI is InChI=1S/C9H6BrNO/c10-7-1-2-8-6(5-7)3-4-11-9(8)12/h1-2,4-5H,3H2. The molecule has 1 amide bonds. The molecule has 1 heterocycles. The van der Waals surface area contributed by atoms with E-state index < -0.39 is 0 Å². The van der Waals surface area contributed by atoms with Crippen LogP contribution in [-0.2, 0) is 6.42 Å². The van der Waals surface area contributed by atoms with Crippen LogP contribution in [0.2, 0.25) is 0 Å². The van der Waals surface area contributed by atoms with Gasteiger partial charge in [-0.15, -0.1) is 0 Å². The second kappa shape index (κ2) is 2.83. The Morgan fingerprint density at radius 3 is 3.08 bits per heavy atom. The molecule has 2 nitrogen and oxygen atoms in total. The second-order valence-electron chi connectivity index (χ2n) is 2.62. The molecule has 1 aromatic rings. The fourth-order valence-corrected chi connectivity index (χ4v) is 1.64. The molecule has 3 heteroatoms. The third kappa shape index (κ3) is 1.20. The zero-order valence-corrected chi connectivity index (χ0v) is 7.84. The molecule has 0 atom stereocenters. The Morgan fingerprint density at radius 1 is 1.42 bits per heavy atom. The molecule has 0 unspecified atom stereocenters. The summed E-state index contributed by atoms with van der Waals surface area (Å²) >= 11 is 3.35. The number of nitrogens with zero attached hydrogens (tertiary/aromatic N) is 1. The predicted octanol–water partition coefficient (Wildman–Crippen LogP) is 2.22. The monoisotopic (exact) mass is 223 g/mol. The number of halogens is 1. The van der Waals surface area contributed by atoms with Crippen molar-refractivity contribution in [2.75, 3.05) is 0 Å². The molecule has 0 bridgehead atoms. The van der Waals surface area contributed by atoms with Crippen LogP contribution in [0.1, 0.15) is 15.9 Å². The quantitative estimate of drug-likeness (QED) is 0.664. The summed E-state index contributed by atoms with van der Waals surface area (Å²) in [6.07, 6.45) is 2.40. The first kappa shape index (κ1) is 7.68. The maximum Gasteiger partial charge on any atom is 0.276 e. The van der Waals surface area contributed by atoms with E-state index in [9.17, 15) is 4.79 Å². The normalized spacial score (nSPS) is 14.6. The number of hydrogen-bond acceptors (Lipinski definition) is 1. The van der Waals surface area contributed by atoms with Crippen LogP contribution in [0.25, 0.3) is 0 Å². The lowest BCUT2D eigenvalue weighted by atomic mass is 10.0. The predicted molar refractivity (Wildman–Crippen MR) is 50.7 cm³/mol. The molecule has 1 aliphatic rings. The Balaban J connectivity index is 2.58. The van der Waals surface area contributed by atoms with Crippen molar-refractivity contribution >= 4 is 28.1 Å². The minimum atomic E-state index is -0.135. The Hall–Kier alpha value is -0.960. The molecule has 12 heavy (non-hydrogen) atoms. The van der Waals surface area contributed by atoms with Gasteiger partial charge in [-0.1, -0.05) is 15.9 Å². The number of rotatable bonds is 0. The first-order chi connectivity index (χ1) is 5.77. The number of carbonyl (C=O) groups excluding carboxylic acids is 1. The van der Waals surface area contributed by atoms with Crippen LogP contribution in [-0.4, -0.2) is 12.1 Å². The highest BCUT2D eigenvalue weighted by Crippen LogP contribution is 2.19. The maximum absolute atomic E-state index is 11.2. The van der Waals surface area contributed by atoms with E-state index in [-0.39, 0.29) is 5.91 Å². The van der Waals surface area contributed by atoms with Gasteiger partial charge < -0.3 is 0 Å². The lowest BCUT2D eigenvalue weighted by Gasteiger charge is -2.08. The zero-order chi connectivity index (χ0) is 8.55. The molecule has 0 aromatic heterocycles. The van der Waals surface area contributed by atoms with Crippen molar-refractivity contribution in [3.63, 3.8) is 0 Å². The van der Waals surface area contributed by atoms with Crippen LogP contribution in [0.3, 0.4) is 0 Å². The number of aliphatic imine (C=N–C) groups is 1.